The smallest absolute Gasteiger partial charge is 0.135 e. The van der Waals surface area contributed by atoms with Gasteiger partial charge in [0, 0.05) is 55.7 Å². The van der Waals surface area contributed by atoms with E-state index in [9.17, 15) is 0 Å². The normalized spacial score (nSPS) is 13.9. The molecule has 0 amide bonds. The van der Waals surface area contributed by atoms with Crippen LogP contribution in [0.25, 0.3) is 45.0 Å². The lowest BCUT2D eigenvalue weighted by molar-refractivity contribution is 0.268. The lowest BCUT2D eigenvalue weighted by Gasteiger charge is -2.11. The van der Waals surface area contributed by atoms with Crippen LogP contribution in [-0.2, 0) is 9.47 Å². The zero-order valence-corrected chi connectivity index (χ0v) is 35.3. The van der Waals surface area contributed by atoms with E-state index in [-0.39, 0.29) is 0 Å². The zero-order chi connectivity index (χ0) is 40.7. The molecular weight excluding hydrogens is 729 g/mol. The second kappa shape index (κ2) is 18.4. The first-order valence-electron chi connectivity index (χ1n) is 22.5. The highest BCUT2D eigenvalue weighted by Gasteiger charge is 2.38. The summed E-state index contributed by atoms with van der Waals surface area (Å²) in [5.41, 5.74) is 18.3. The Kier molecular flexibility index (Phi) is 12.0. The van der Waals surface area contributed by atoms with Gasteiger partial charge in [0.25, 0.3) is 0 Å². The van der Waals surface area contributed by atoms with Crippen LogP contribution in [0.2, 0.25) is 0 Å². The molecule has 4 aliphatic carbocycles. The molecule has 0 fully saturated rings. The third kappa shape index (κ3) is 7.69. The fourth-order valence-electron chi connectivity index (χ4n) is 9.32. The first kappa shape index (κ1) is 39.3. The summed E-state index contributed by atoms with van der Waals surface area (Å²) in [7, 11) is 0. The summed E-state index contributed by atoms with van der Waals surface area (Å²) in [6.45, 7) is 5.99. The van der Waals surface area contributed by atoms with E-state index in [1.165, 1.54) is 131 Å². The van der Waals surface area contributed by atoms with Crippen molar-refractivity contribution in [2.45, 2.75) is 90.9 Å². The van der Waals surface area contributed by atoms with Gasteiger partial charge in [0.2, 0.25) is 0 Å². The van der Waals surface area contributed by atoms with E-state index in [1.807, 2.05) is 0 Å². The Hall–Kier alpha value is -6.22. The molecule has 0 saturated carbocycles. The van der Waals surface area contributed by atoms with Crippen LogP contribution in [0.5, 0.6) is 0 Å². The lowest BCUT2D eigenvalue weighted by Crippen LogP contribution is -1.96. The topological polar surface area (TPSA) is 18.5 Å². The molecule has 4 aliphatic rings. The van der Waals surface area contributed by atoms with Crippen molar-refractivity contribution in [3.63, 3.8) is 0 Å². The summed E-state index contributed by atoms with van der Waals surface area (Å²) in [5.74, 6) is 16.5. The molecule has 0 saturated heterocycles. The average Bonchev–Trinajstić information content (AvgIpc) is 4.00. The molecular formula is C58H54O2. The van der Waals surface area contributed by atoms with E-state index < -0.39 is 0 Å². The Morgan fingerprint density at radius 1 is 0.333 bits per heavy atom. The fourth-order valence-corrected chi connectivity index (χ4v) is 9.32. The molecule has 0 atom stereocenters. The first-order valence-corrected chi connectivity index (χ1v) is 22.5. The van der Waals surface area contributed by atoms with Gasteiger partial charge < -0.3 is 9.47 Å². The van der Waals surface area contributed by atoms with Gasteiger partial charge in [0.05, 0.1) is 13.2 Å². The number of hydrogen-bond acceptors (Lipinski definition) is 2. The van der Waals surface area contributed by atoms with Gasteiger partial charge in [-0.2, -0.15) is 0 Å². The molecule has 0 spiro atoms. The van der Waals surface area contributed by atoms with Crippen LogP contribution in [0.4, 0.5) is 0 Å². The molecule has 0 aliphatic heterocycles. The second-order valence-electron chi connectivity index (χ2n) is 16.4. The Balaban J connectivity index is 1.02. The predicted molar refractivity (Wildman–Crippen MR) is 252 cm³/mol. The van der Waals surface area contributed by atoms with E-state index in [1.54, 1.807) is 0 Å². The third-order valence-electron chi connectivity index (χ3n) is 12.3. The Morgan fingerprint density at radius 3 is 1.10 bits per heavy atom. The van der Waals surface area contributed by atoms with Gasteiger partial charge in [0.15, 0.2) is 0 Å². The van der Waals surface area contributed by atoms with E-state index in [2.05, 4.69) is 159 Å². The quantitative estimate of drug-likeness (QED) is 0.0733. The second-order valence-corrected chi connectivity index (χ2v) is 16.4. The molecule has 0 N–H and O–H groups in total. The van der Waals surface area contributed by atoms with E-state index in [4.69, 9.17) is 9.47 Å². The maximum atomic E-state index is 6.68. The summed E-state index contributed by atoms with van der Waals surface area (Å²) in [6.07, 6.45) is 14.9. The Morgan fingerprint density at radius 2 is 0.683 bits per heavy atom. The lowest BCUT2D eigenvalue weighted by atomic mass is 9.99. The maximum absolute atomic E-state index is 6.68. The average molecular weight is 783 g/mol. The van der Waals surface area contributed by atoms with Crippen LogP contribution in [0.15, 0.2) is 121 Å². The summed E-state index contributed by atoms with van der Waals surface area (Å²) in [5, 5.41) is 0. The molecule has 5 aromatic rings. The molecule has 5 aromatic carbocycles. The van der Waals surface area contributed by atoms with Crippen molar-refractivity contribution in [3.8, 4) is 23.7 Å². The minimum absolute atomic E-state index is 0.728. The number of allylic oxidation sites excluding steroid dienone is 6. The van der Waals surface area contributed by atoms with Crippen LogP contribution in [-0.4, -0.2) is 13.2 Å². The molecule has 0 unspecified atom stereocenters. The third-order valence-corrected chi connectivity index (χ3v) is 12.3. The van der Waals surface area contributed by atoms with E-state index in [0.29, 0.717) is 0 Å². The number of ether oxygens (including phenoxy) is 2. The molecule has 0 radical (unpaired) electrons. The Bertz CT molecular complexity index is 2510. The highest BCUT2D eigenvalue weighted by molar-refractivity contribution is 6.34. The molecule has 0 bridgehead atoms. The molecule has 60 heavy (non-hydrogen) atoms. The van der Waals surface area contributed by atoms with Crippen LogP contribution in [0.3, 0.4) is 0 Å². The fraction of sp³-hybridized carbons (Fsp3) is 0.276. The van der Waals surface area contributed by atoms with Gasteiger partial charge in [-0.15, -0.1) is 0 Å². The highest BCUT2D eigenvalue weighted by Crippen LogP contribution is 2.57. The van der Waals surface area contributed by atoms with Crippen molar-refractivity contribution < 1.29 is 9.47 Å². The molecule has 298 valence electrons. The van der Waals surface area contributed by atoms with Crippen molar-refractivity contribution in [3.05, 3.63) is 177 Å². The van der Waals surface area contributed by atoms with Crippen molar-refractivity contribution >= 4 is 45.0 Å². The zero-order valence-electron chi connectivity index (χ0n) is 35.3. The van der Waals surface area contributed by atoms with E-state index >= 15 is 0 Å². The van der Waals surface area contributed by atoms with Gasteiger partial charge in [-0.1, -0.05) is 205 Å². The van der Waals surface area contributed by atoms with Gasteiger partial charge in [-0.3, -0.25) is 0 Å². The van der Waals surface area contributed by atoms with Crippen LogP contribution in [0.1, 0.15) is 147 Å². The summed E-state index contributed by atoms with van der Waals surface area (Å²) in [6, 6.07) is 43.1. The number of benzene rings is 5. The SMILES string of the molecule is CCCCCCCCOC1=C2C(=C(C#Cc3cccc(C#CC4=C5C(=C(OCCCCCCCC)c6ccccc65)c5ccccc54)c3)c3ccccc32)c2ccccc21. The highest BCUT2D eigenvalue weighted by atomic mass is 16.5. The van der Waals surface area contributed by atoms with Crippen LogP contribution < -0.4 is 0 Å². The minimum atomic E-state index is 0.728. The largest absolute Gasteiger partial charge is 0.492 e. The van der Waals surface area contributed by atoms with Gasteiger partial charge in [-0.05, 0) is 64.4 Å². The molecule has 0 aromatic heterocycles. The van der Waals surface area contributed by atoms with Crippen molar-refractivity contribution in [2.75, 3.05) is 13.2 Å². The van der Waals surface area contributed by atoms with Crippen molar-refractivity contribution in [2.24, 2.45) is 0 Å². The van der Waals surface area contributed by atoms with Gasteiger partial charge in [0.1, 0.15) is 11.5 Å². The molecule has 2 nitrogen and oxygen atoms in total. The predicted octanol–water partition coefficient (Wildman–Crippen LogP) is 14.8. The molecule has 9 rings (SSSR count). The number of hydrogen-bond donors (Lipinski definition) is 0. The number of fused-ring (bicyclic) bond motifs is 10. The number of rotatable bonds is 16. The van der Waals surface area contributed by atoms with Crippen LogP contribution >= 0.6 is 0 Å². The number of unbranched alkanes of at least 4 members (excludes halogenated alkanes) is 10. The minimum Gasteiger partial charge on any atom is -0.492 e. The molecule has 0 heterocycles. The Labute approximate surface area is 357 Å². The van der Waals surface area contributed by atoms with Crippen molar-refractivity contribution in [1.82, 2.24) is 0 Å². The van der Waals surface area contributed by atoms with Gasteiger partial charge in [-0.25, -0.2) is 0 Å². The van der Waals surface area contributed by atoms with Crippen molar-refractivity contribution in [1.29, 1.82) is 0 Å². The standard InChI is InChI=1S/C58H54O2/c1-3-5-7-9-11-21-38-59-57-51-32-19-17-30-47(51)53-49(43-26-13-15-28-45(43)55(53)57)36-34-41-24-23-25-42(40-41)35-37-50-44-27-14-16-29-46(44)56-54(50)48-31-18-20-33-52(48)58(56)60-39-22-12-10-8-6-4-2/h13-20,23-33,40H,3-12,21-22,38-39H2,1-2H3. The monoisotopic (exact) mass is 782 g/mol. The first-order chi connectivity index (χ1) is 29.8. The summed E-state index contributed by atoms with van der Waals surface area (Å²) < 4.78 is 13.4. The van der Waals surface area contributed by atoms with Gasteiger partial charge >= 0.3 is 0 Å². The summed E-state index contributed by atoms with van der Waals surface area (Å²) >= 11 is 0. The van der Waals surface area contributed by atoms with E-state index in [0.717, 1.165) is 59.8 Å². The molecule has 2 heteroatoms. The maximum Gasteiger partial charge on any atom is 0.135 e. The summed E-state index contributed by atoms with van der Waals surface area (Å²) in [4.78, 5) is 0. The van der Waals surface area contributed by atoms with Crippen LogP contribution in [0, 0.1) is 23.7 Å².